The minimum absolute atomic E-state index is 0.0570. The SMILES string of the molecule is CCOC(=O)Cc1cc(=O)n2[nH]c(NCc3ccc(C)cc3)nc2n1. The fraction of sp³-hybridized carbons (Fsp3) is 0.294. The van der Waals surface area contributed by atoms with Crippen molar-refractivity contribution in [2.45, 2.75) is 26.8 Å². The van der Waals surface area contributed by atoms with Crippen molar-refractivity contribution in [3.63, 3.8) is 0 Å². The molecule has 0 aliphatic rings. The van der Waals surface area contributed by atoms with Crippen LogP contribution in [0.1, 0.15) is 23.7 Å². The second-order valence-electron chi connectivity index (χ2n) is 5.61. The first kappa shape index (κ1) is 16.7. The second-order valence-corrected chi connectivity index (χ2v) is 5.61. The Labute approximate surface area is 143 Å². The summed E-state index contributed by atoms with van der Waals surface area (Å²) in [6.07, 6.45) is -0.0570. The summed E-state index contributed by atoms with van der Waals surface area (Å²) in [5.41, 5.74) is 2.28. The zero-order valence-electron chi connectivity index (χ0n) is 14.1. The predicted octanol–water partition coefficient (Wildman–Crippen LogP) is 1.44. The van der Waals surface area contributed by atoms with Crippen LogP contribution < -0.4 is 10.9 Å². The molecule has 0 radical (unpaired) electrons. The molecule has 0 amide bonds. The number of rotatable bonds is 6. The molecular formula is C17H19N5O3. The molecule has 0 bridgehead atoms. The maximum absolute atomic E-state index is 12.1. The lowest BCUT2D eigenvalue weighted by Gasteiger charge is -2.02. The molecule has 8 heteroatoms. The monoisotopic (exact) mass is 341 g/mol. The molecule has 3 rings (SSSR count). The third kappa shape index (κ3) is 4.03. The number of nitrogens with one attached hydrogen (secondary N) is 2. The molecule has 8 nitrogen and oxygen atoms in total. The maximum atomic E-state index is 12.1. The van der Waals surface area contributed by atoms with Crippen LogP contribution in [0.2, 0.25) is 0 Å². The minimum atomic E-state index is -0.424. The summed E-state index contributed by atoms with van der Waals surface area (Å²) in [6.45, 7) is 4.60. The number of nitrogens with zero attached hydrogens (tertiary/aromatic N) is 3. The number of ether oxygens (including phenoxy) is 1. The van der Waals surface area contributed by atoms with Crippen LogP contribution in [0.3, 0.4) is 0 Å². The number of esters is 1. The van der Waals surface area contributed by atoms with Gasteiger partial charge in [-0.2, -0.15) is 9.50 Å². The first-order valence-corrected chi connectivity index (χ1v) is 7.99. The normalized spacial score (nSPS) is 10.8. The van der Waals surface area contributed by atoms with Crippen molar-refractivity contribution in [3.8, 4) is 0 Å². The molecule has 0 aliphatic carbocycles. The van der Waals surface area contributed by atoms with E-state index in [1.54, 1.807) is 6.92 Å². The molecule has 25 heavy (non-hydrogen) atoms. The molecule has 2 aromatic heterocycles. The van der Waals surface area contributed by atoms with E-state index in [1.165, 1.54) is 16.1 Å². The third-order valence-corrected chi connectivity index (χ3v) is 3.59. The van der Waals surface area contributed by atoms with Gasteiger partial charge < -0.3 is 10.1 Å². The summed E-state index contributed by atoms with van der Waals surface area (Å²) < 4.78 is 6.10. The van der Waals surface area contributed by atoms with Crippen molar-refractivity contribution in [2.75, 3.05) is 11.9 Å². The van der Waals surface area contributed by atoms with E-state index in [0.717, 1.165) is 5.56 Å². The van der Waals surface area contributed by atoms with Crippen LogP contribution in [0.25, 0.3) is 5.78 Å². The number of H-pyrrole nitrogens is 1. The molecule has 2 N–H and O–H groups in total. The fourth-order valence-electron chi connectivity index (χ4n) is 2.35. The largest absolute Gasteiger partial charge is 0.466 e. The first-order valence-electron chi connectivity index (χ1n) is 7.99. The standard InChI is InChI=1S/C17H19N5O3/c1-3-25-15(24)9-13-8-14(23)22-17(19-13)20-16(21-22)18-10-12-6-4-11(2)5-7-12/h4-8H,3,9-10H2,1-2H3,(H2,18,19,20,21). The Morgan fingerprint density at radius 1 is 1.28 bits per heavy atom. The fourth-order valence-corrected chi connectivity index (χ4v) is 2.35. The molecule has 0 atom stereocenters. The van der Waals surface area contributed by atoms with E-state index in [-0.39, 0.29) is 24.4 Å². The van der Waals surface area contributed by atoms with E-state index < -0.39 is 5.97 Å². The molecule has 0 saturated carbocycles. The van der Waals surface area contributed by atoms with Crippen LogP contribution in [0.5, 0.6) is 0 Å². The number of hydrogen-bond donors (Lipinski definition) is 2. The van der Waals surface area contributed by atoms with Crippen LogP contribution in [0.15, 0.2) is 35.1 Å². The first-order chi connectivity index (χ1) is 12.0. The number of fused-ring (bicyclic) bond motifs is 1. The van der Waals surface area contributed by atoms with Gasteiger partial charge in [0.05, 0.1) is 18.7 Å². The van der Waals surface area contributed by atoms with Gasteiger partial charge in [0, 0.05) is 12.6 Å². The second kappa shape index (κ2) is 7.16. The van der Waals surface area contributed by atoms with Crippen molar-refractivity contribution in [3.05, 3.63) is 57.5 Å². The van der Waals surface area contributed by atoms with Crippen molar-refractivity contribution < 1.29 is 9.53 Å². The molecule has 0 unspecified atom stereocenters. The number of carbonyl (C=O) groups is 1. The van der Waals surface area contributed by atoms with E-state index >= 15 is 0 Å². The zero-order valence-corrected chi connectivity index (χ0v) is 14.1. The number of anilines is 1. The molecule has 1 aromatic carbocycles. The van der Waals surface area contributed by atoms with E-state index in [9.17, 15) is 9.59 Å². The van der Waals surface area contributed by atoms with Gasteiger partial charge >= 0.3 is 5.97 Å². The lowest BCUT2D eigenvalue weighted by atomic mass is 10.1. The molecule has 0 fully saturated rings. The topological polar surface area (TPSA) is 101 Å². The number of hydrogen-bond acceptors (Lipinski definition) is 6. The summed E-state index contributed by atoms with van der Waals surface area (Å²) in [5.74, 6) is 0.212. The number of carbonyl (C=O) groups excluding carboxylic acids is 1. The van der Waals surface area contributed by atoms with E-state index in [2.05, 4.69) is 20.4 Å². The van der Waals surface area contributed by atoms with Gasteiger partial charge in [-0.3, -0.25) is 14.7 Å². The predicted molar refractivity (Wildman–Crippen MR) is 92.5 cm³/mol. The van der Waals surface area contributed by atoms with Gasteiger partial charge in [-0.15, -0.1) is 0 Å². The number of aromatic nitrogens is 4. The van der Waals surface area contributed by atoms with Gasteiger partial charge in [-0.05, 0) is 19.4 Å². The van der Waals surface area contributed by atoms with Crippen molar-refractivity contribution in [1.82, 2.24) is 19.6 Å². The van der Waals surface area contributed by atoms with Gasteiger partial charge in [0.1, 0.15) is 0 Å². The molecule has 130 valence electrons. The van der Waals surface area contributed by atoms with Crippen molar-refractivity contribution in [2.24, 2.45) is 0 Å². The molecule has 0 spiro atoms. The quantitative estimate of drug-likeness (QED) is 0.658. The Morgan fingerprint density at radius 2 is 2.04 bits per heavy atom. The van der Waals surface area contributed by atoms with Crippen LogP contribution in [-0.2, 0) is 22.5 Å². The van der Waals surface area contributed by atoms with E-state index in [1.807, 2.05) is 31.2 Å². The zero-order chi connectivity index (χ0) is 17.8. The summed E-state index contributed by atoms with van der Waals surface area (Å²) in [4.78, 5) is 32.2. The lowest BCUT2D eigenvalue weighted by molar-refractivity contribution is -0.142. The van der Waals surface area contributed by atoms with Crippen molar-refractivity contribution in [1.29, 1.82) is 0 Å². The minimum Gasteiger partial charge on any atom is -0.466 e. The Morgan fingerprint density at radius 3 is 2.76 bits per heavy atom. The highest BCUT2D eigenvalue weighted by atomic mass is 16.5. The summed E-state index contributed by atoms with van der Waals surface area (Å²) >= 11 is 0. The third-order valence-electron chi connectivity index (χ3n) is 3.59. The van der Waals surface area contributed by atoms with Gasteiger partial charge in [0.15, 0.2) is 0 Å². The smallest absolute Gasteiger partial charge is 0.311 e. The summed E-state index contributed by atoms with van der Waals surface area (Å²) in [7, 11) is 0. The van der Waals surface area contributed by atoms with E-state index in [4.69, 9.17) is 4.74 Å². The Hall–Kier alpha value is -3.16. The highest BCUT2D eigenvalue weighted by molar-refractivity contribution is 5.72. The number of aryl methyl sites for hydroxylation is 1. The van der Waals surface area contributed by atoms with Gasteiger partial charge in [-0.1, -0.05) is 29.8 Å². The van der Waals surface area contributed by atoms with Crippen LogP contribution >= 0.6 is 0 Å². The van der Waals surface area contributed by atoms with Gasteiger partial charge in [-0.25, -0.2) is 4.98 Å². The number of benzene rings is 1. The van der Waals surface area contributed by atoms with Gasteiger partial charge in [0.25, 0.3) is 11.3 Å². The van der Waals surface area contributed by atoms with Crippen LogP contribution in [-0.4, -0.2) is 32.2 Å². The summed E-state index contributed by atoms with van der Waals surface area (Å²) in [6, 6.07) is 9.40. The highest BCUT2D eigenvalue weighted by Crippen LogP contribution is 2.07. The molecule has 3 aromatic rings. The van der Waals surface area contributed by atoms with Crippen LogP contribution in [0, 0.1) is 6.92 Å². The molecule has 2 heterocycles. The highest BCUT2D eigenvalue weighted by Gasteiger charge is 2.11. The number of aromatic amines is 1. The average molecular weight is 341 g/mol. The Balaban J connectivity index is 1.77. The lowest BCUT2D eigenvalue weighted by Crippen LogP contribution is -2.18. The van der Waals surface area contributed by atoms with E-state index in [0.29, 0.717) is 18.2 Å². The Kier molecular flexibility index (Phi) is 4.78. The average Bonchev–Trinajstić information content (AvgIpc) is 2.98. The summed E-state index contributed by atoms with van der Waals surface area (Å²) in [5, 5.41) is 5.97. The molecule has 0 saturated heterocycles. The Bertz CT molecular complexity index is 943. The van der Waals surface area contributed by atoms with Crippen LogP contribution in [0.4, 0.5) is 5.95 Å². The van der Waals surface area contributed by atoms with Crippen molar-refractivity contribution >= 4 is 17.7 Å². The maximum Gasteiger partial charge on any atom is 0.311 e. The van der Waals surface area contributed by atoms with Gasteiger partial charge in [0.2, 0.25) is 5.95 Å². The molecular weight excluding hydrogens is 322 g/mol. The molecule has 0 aliphatic heterocycles.